The number of carbonyl (C=O) groups is 2. The first-order valence-corrected chi connectivity index (χ1v) is 10.9. The van der Waals surface area contributed by atoms with E-state index in [0.717, 1.165) is 16.5 Å². The van der Waals surface area contributed by atoms with Gasteiger partial charge in [0.1, 0.15) is 0 Å². The molecule has 0 fully saturated rings. The van der Waals surface area contributed by atoms with E-state index in [1.54, 1.807) is 0 Å². The molecule has 0 aromatic heterocycles. The van der Waals surface area contributed by atoms with Crippen LogP contribution in [0.5, 0.6) is 0 Å². The summed E-state index contributed by atoms with van der Waals surface area (Å²) >= 11 is 5.29. The third-order valence-electron chi connectivity index (χ3n) is 5.51. The van der Waals surface area contributed by atoms with Gasteiger partial charge in [0.05, 0.1) is 17.2 Å². The van der Waals surface area contributed by atoms with Crippen LogP contribution in [-0.4, -0.2) is 45.5 Å². The van der Waals surface area contributed by atoms with E-state index >= 15 is 0 Å². The van der Waals surface area contributed by atoms with Crippen LogP contribution in [0.15, 0.2) is 65.9 Å². The first kappa shape index (κ1) is 25.4. The summed E-state index contributed by atoms with van der Waals surface area (Å²) in [4.78, 5) is 28.2. The van der Waals surface area contributed by atoms with Crippen LogP contribution in [0.2, 0.25) is 0 Å². The SMILES string of the molecule is CC1=C(C(=O)O)C(c2ccccc2C(F)(F)F)N(C(=O)CCN(C)Cc2ccccc2)C(=S)N1. The molecule has 6 nitrogen and oxygen atoms in total. The summed E-state index contributed by atoms with van der Waals surface area (Å²) in [5.74, 6) is -2.01. The fourth-order valence-corrected chi connectivity index (χ4v) is 4.30. The number of rotatable bonds is 7. The minimum absolute atomic E-state index is 0.0677. The fourth-order valence-electron chi connectivity index (χ4n) is 3.94. The minimum atomic E-state index is -4.74. The molecule has 0 bridgehead atoms. The van der Waals surface area contributed by atoms with E-state index in [9.17, 15) is 27.9 Å². The molecule has 0 spiro atoms. The van der Waals surface area contributed by atoms with Crippen molar-refractivity contribution in [3.8, 4) is 0 Å². The van der Waals surface area contributed by atoms with Gasteiger partial charge in [0.15, 0.2) is 5.11 Å². The monoisotopic (exact) mass is 491 g/mol. The van der Waals surface area contributed by atoms with E-state index in [2.05, 4.69) is 5.32 Å². The number of alkyl halides is 3. The fraction of sp³-hybridized carbons (Fsp3) is 0.292. The average Bonchev–Trinajstić information content (AvgIpc) is 2.76. The molecule has 2 aromatic carbocycles. The maximum atomic E-state index is 13.8. The van der Waals surface area contributed by atoms with Crippen molar-refractivity contribution in [3.63, 3.8) is 0 Å². The number of carboxylic acids is 1. The van der Waals surface area contributed by atoms with E-state index in [0.29, 0.717) is 13.1 Å². The van der Waals surface area contributed by atoms with Crippen LogP contribution < -0.4 is 5.32 Å². The summed E-state index contributed by atoms with van der Waals surface area (Å²) in [5.41, 5.74) is -0.603. The maximum Gasteiger partial charge on any atom is 0.416 e. The summed E-state index contributed by atoms with van der Waals surface area (Å²) in [5, 5.41) is 12.4. The van der Waals surface area contributed by atoms with Crippen molar-refractivity contribution in [2.75, 3.05) is 13.6 Å². The molecule has 180 valence electrons. The average molecular weight is 492 g/mol. The largest absolute Gasteiger partial charge is 0.478 e. The Bertz CT molecular complexity index is 1120. The lowest BCUT2D eigenvalue weighted by Gasteiger charge is -2.39. The molecular weight excluding hydrogens is 467 g/mol. The summed E-state index contributed by atoms with van der Waals surface area (Å²) in [6, 6.07) is 12.7. The van der Waals surface area contributed by atoms with Gasteiger partial charge in [-0.05, 0) is 43.4 Å². The van der Waals surface area contributed by atoms with Gasteiger partial charge >= 0.3 is 12.1 Å². The molecule has 1 heterocycles. The second-order valence-corrected chi connectivity index (χ2v) is 8.39. The number of amides is 1. The van der Waals surface area contributed by atoms with Gasteiger partial charge in [-0.3, -0.25) is 9.69 Å². The number of hydrogen-bond acceptors (Lipinski definition) is 4. The Morgan fingerprint density at radius 1 is 1.12 bits per heavy atom. The zero-order valence-corrected chi connectivity index (χ0v) is 19.4. The third kappa shape index (κ3) is 5.63. The summed E-state index contributed by atoms with van der Waals surface area (Å²) < 4.78 is 41.4. The predicted octanol–water partition coefficient (Wildman–Crippen LogP) is 4.34. The summed E-state index contributed by atoms with van der Waals surface area (Å²) in [6.07, 6.45) is -4.81. The first-order chi connectivity index (χ1) is 16.0. The number of nitrogens with zero attached hydrogens (tertiary/aromatic N) is 2. The Hall–Kier alpha value is -3.24. The van der Waals surface area contributed by atoms with Crippen molar-refractivity contribution in [3.05, 3.63) is 82.6 Å². The van der Waals surface area contributed by atoms with Gasteiger partial charge in [-0.15, -0.1) is 0 Å². The van der Waals surface area contributed by atoms with Crippen LogP contribution in [0.4, 0.5) is 13.2 Å². The molecule has 0 radical (unpaired) electrons. The normalized spacial score (nSPS) is 16.6. The van der Waals surface area contributed by atoms with Gasteiger partial charge in [-0.1, -0.05) is 48.5 Å². The molecule has 2 N–H and O–H groups in total. The van der Waals surface area contributed by atoms with Crippen LogP contribution in [0.3, 0.4) is 0 Å². The van der Waals surface area contributed by atoms with Gasteiger partial charge < -0.3 is 15.3 Å². The Morgan fingerprint density at radius 3 is 2.35 bits per heavy atom. The van der Waals surface area contributed by atoms with Crippen molar-refractivity contribution >= 4 is 29.2 Å². The summed E-state index contributed by atoms with van der Waals surface area (Å²) in [6.45, 7) is 2.27. The molecule has 1 aliphatic heterocycles. The Morgan fingerprint density at radius 2 is 1.74 bits per heavy atom. The molecule has 34 heavy (non-hydrogen) atoms. The number of carboxylic acid groups (broad SMARTS) is 1. The molecule has 1 amide bonds. The lowest BCUT2D eigenvalue weighted by molar-refractivity contribution is -0.141. The highest BCUT2D eigenvalue weighted by Crippen LogP contribution is 2.41. The zero-order valence-electron chi connectivity index (χ0n) is 18.6. The van der Waals surface area contributed by atoms with Crippen LogP contribution in [0, 0.1) is 0 Å². The van der Waals surface area contributed by atoms with Gasteiger partial charge in [-0.25, -0.2) is 4.79 Å². The molecule has 0 aliphatic carbocycles. The molecule has 0 saturated heterocycles. The molecular formula is C24H24F3N3O3S. The number of nitrogens with one attached hydrogen (secondary N) is 1. The lowest BCUT2D eigenvalue weighted by atomic mass is 9.90. The van der Waals surface area contributed by atoms with Gasteiger partial charge in [0.2, 0.25) is 5.91 Å². The molecule has 1 atom stereocenters. The van der Waals surface area contributed by atoms with Crippen molar-refractivity contribution < 1.29 is 27.9 Å². The molecule has 2 aromatic rings. The highest BCUT2D eigenvalue weighted by Gasteiger charge is 2.44. The van der Waals surface area contributed by atoms with E-state index in [-0.39, 0.29) is 28.4 Å². The topological polar surface area (TPSA) is 72.9 Å². The Balaban J connectivity index is 1.94. The lowest BCUT2D eigenvalue weighted by Crippen LogP contribution is -2.51. The predicted molar refractivity (Wildman–Crippen MR) is 124 cm³/mol. The van der Waals surface area contributed by atoms with Gasteiger partial charge in [-0.2, -0.15) is 13.2 Å². The van der Waals surface area contributed by atoms with Crippen LogP contribution in [0.25, 0.3) is 0 Å². The Labute approximate surface area is 200 Å². The van der Waals surface area contributed by atoms with E-state index in [1.165, 1.54) is 25.1 Å². The molecule has 3 rings (SSSR count). The van der Waals surface area contributed by atoms with Crippen LogP contribution in [0.1, 0.15) is 36.1 Å². The standard InChI is InChI=1S/C24H24F3N3O3S/c1-15-20(22(32)33)21(17-10-6-7-11-18(17)24(25,26)27)30(23(34)28-15)19(31)12-13-29(2)14-16-8-4-3-5-9-16/h3-11,21H,12-14H2,1-2H3,(H,28,34)(H,32,33). The molecule has 10 heteroatoms. The highest BCUT2D eigenvalue weighted by molar-refractivity contribution is 7.80. The second-order valence-electron chi connectivity index (χ2n) is 8.00. The van der Waals surface area contributed by atoms with E-state index < -0.39 is 29.7 Å². The Kier molecular flexibility index (Phi) is 7.73. The van der Waals surface area contributed by atoms with Crippen molar-refractivity contribution in [1.29, 1.82) is 0 Å². The third-order valence-corrected chi connectivity index (χ3v) is 5.81. The quantitative estimate of drug-likeness (QED) is 0.562. The second kappa shape index (κ2) is 10.4. The molecule has 1 unspecified atom stereocenters. The number of aliphatic carboxylic acids is 1. The van der Waals surface area contributed by atoms with Crippen molar-refractivity contribution in [2.45, 2.75) is 32.1 Å². The zero-order chi connectivity index (χ0) is 25.0. The number of hydrogen-bond donors (Lipinski definition) is 2. The van der Waals surface area contributed by atoms with Crippen molar-refractivity contribution in [1.82, 2.24) is 15.1 Å². The smallest absolute Gasteiger partial charge is 0.416 e. The number of thiocarbonyl (C=S) groups is 1. The van der Waals surface area contributed by atoms with Gasteiger partial charge in [0.25, 0.3) is 0 Å². The number of carbonyl (C=O) groups excluding carboxylic acids is 1. The van der Waals surface area contributed by atoms with Gasteiger partial charge in [0, 0.05) is 25.2 Å². The first-order valence-electron chi connectivity index (χ1n) is 10.5. The number of allylic oxidation sites excluding steroid dienone is 1. The maximum absolute atomic E-state index is 13.8. The molecule has 0 saturated carbocycles. The molecule has 1 aliphatic rings. The van der Waals surface area contributed by atoms with Crippen molar-refractivity contribution in [2.24, 2.45) is 0 Å². The number of benzene rings is 2. The van der Waals surface area contributed by atoms with E-state index in [4.69, 9.17) is 12.2 Å². The van der Waals surface area contributed by atoms with Crippen LogP contribution >= 0.6 is 12.2 Å². The minimum Gasteiger partial charge on any atom is -0.478 e. The van der Waals surface area contributed by atoms with E-state index in [1.807, 2.05) is 42.3 Å². The number of halogens is 3. The highest BCUT2D eigenvalue weighted by atomic mass is 32.1. The summed E-state index contributed by atoms with van der Waals surface area (Å²) in [7, 11) is 1.82. The van der Waals surface area contributed by atoms with Crippen LogP contribution in [-0.2, 0) is 22.3 Å².